The van der Waals surface area contributed by atoms with E-state index in [9.17, 15) is 9.90 Å². The van der Waals surface area contributed by atoms with Crippen LogP contribution in [0, 0.1) is 0 Å². The van der Waals surface area contributed by atoms with E-state index in [1.165, 1.54) is 4.68 Å². The molecule has 8 heteroatoms. The fourth-order valence-corrected chi connectivity index (χ4v) is 3.06. The molecule has 0 radical (unpaired) electrons. The molecule has 0 fully saturated rings. The molecule has 1 N–H and O–H groups in total. The Labute approximate surface area is 150 Å². The summed E-state index contributed by atoms with van der Waals surface area (Å²) in [5.41, 5.74) is 2.84. The zero-order valence-electron chi connectivity index (χ0n) is 13.1. The van der Waals surface area contributed by atoms with Crippen molar-refractivity contribution < 1.29 is 9.90 Å². The van der Waals surface area contributed by atoms with Gasteiger partial charge in [0.2, 0.25) is 0 Å². The standard InChI is InChI=1S/C17H12BrN5O2/c1-22-9-11(8-20-22)10-5-14-15(17(24)25)21-23(16(14)19-7-10)13-4-2-3-12(18)6-13/h2-9H,1H3,(H,24,25). The molecule has 0 unspecified atom stereocenters. The van der Waals surface area contributed by atoms with Crippen LogP contribution in [0.1, 0.15) is 10.5 Å². The highest BCUT2D eigenvalue weighted by atomic mass is 79.9. The molecule has 7 nitrogen and oxygen atoms in total. The normalized spacial score (nSPS) is 11.1. The van der Waals surface area contributed by atoms with Gasteiger partial charge in [-0.15, -0.1) is 0 Å². The van der Waals surface area contributed by atoms with E-state index in [2.05, 4.69) is 31.1 Å². The maximum atomic E-state index is 11.6. The second kappa shape index (κ2) is 5.82. The number of nitrogens with zero attached hydrogens (tertiary/aromatic N) is 5. The monoisotopic (exact) mass is 397 g/mol. The number of fused-ring (bicyclic) bond motifs is 1. The van der Waals surface area contributed by atoms with Gasteiger partial charge in [-0.25, -0.2) is 14.5 Å². The molecule has 4 rings (SSSR count). The summed E-state index contributed by atoms with van der Waals surface area (Å²) in [6.45, 7) is 0. The van der Waals surface area contributed by atoms with Gasteiger partial charge in [0.1, 0.15) is 0 Å². The van der Waals surface area contributed by atoms with Crippen LogP contribution < -0.4 is 0 Å². The SMILES string of the molecule is Cn1cc(-c2cnc3c(c2)c(C(=O)O)nn3-c2cccc(Br)c2)cn1. The van der Waals surface area contributed by atoms with Crippen LogP contribution in [0.25, 0.3) is 27.8 Å². The maximum Gasteiger partial charge on any atom is 0.357 e. The molecule has 124 valence electrons. The van der Waals surface area contributed by atoms with Gasteiger partial charge in [-0.1, -0.05) is 22.0 Å². The van der Waals surface area contributed by atoms with Gasteiger partial charge in [0.25, 0.3) is 0 Å². The molecule has 0 bridgehead atoms. The molecule has 4 aromatic rings. The zero-order valence-corrected chi connectivity index (χ0v) is 14.7. The number of halogens is 1. The summed E-state index contributed by atoms with van der Waals surface area (Å²) >= 11 is 3.42. The number of rotatable bonds is 3. The Kier molecular flexibility index (Phi) is 3.61. The Balaban J connectivity index is 1.96. The molecule has 0 spiro atoms. The number of carboxylic acids is 1. The largest absolute Gasteiger partial charge is 0.476 e. The summed E-state index contributed by atoms with van der Waals surface area (Å²) in [4.78, 5) is 16.1. The van der Waals surface area contributed by atoms with Crippen LogP contribution in [0.15, 0.2) is 53.4 Å². The predicted octanol–water partition coefficient (Wildman–Crippen LogP) is 3.28. The Morgan fingerprint density at radius 2 is 2.04 bits per heavy atom. The molecule has 1 aromatic carbocycles. The van der Waals surface area contributed by atoms with Crippen molar-refractivity contribution in [1.82, 2.24) is 24.5 Å². The molecule has 3 aromatic heterocycles. The zero-order chi connectivity index (χ0) is 17.6. The molecule has 0 atom stereocenters. The van der Waals surface area contributed by atoms with Gasteiger partial charge >= 0.3 is 5.97 Å². The lowest BCUT2D eigenvalue weighted by Gasteiger charge is -2.03. The van der Waals surface area contributed by atoms with Crippen molar-refractivity contribution in [3.8, 4) is 16.8 Å². The van der Waals surface area contributed by atoms with Crippen LogP contribution in [-0.4, -0.2) is 35.6 Å². The average Bonchev–Trinajstić information content (AvgIpc) is 3.18. The lowest BCUT2D eigenvalue weighted by molar-refractivity contribution is 0.0692. The van der Waals surface area contributed by atoms with Crippen molar-refractivity contribution in [2.24, 2.45) is 7.05 Å². The lowest BCUT2D eigenvalue weighted by atomic mass is 10.1. The van der Waals surface area contributed by atoms with Crippen molar-refractivity contribution in [2.75, 3.05) is 0 Å². The topological polar surface area (TPSA) is 85.8 Å². The van der Waals surface area contributed by atoms with Crippen LogP contribution in [0.3, 0.4) is 0 Å². The number of aromatic nitrogens is 5. The Bertz CT molecular complexity index is 1120. The molecule has 0 saturated carbocycles. The predicted molar refractivity (Wildman–Crippen MR) is 95.7 cm³/mol. The molecular weight excluding hydrogens is 386 g/mol. The summed E-state index contributed by atoms with van der Waals surface area (Å²) in [5, 5.41) is 18.4. The van der Waals surface area contributed by atoms with Crippen LogP contribution in [0.5, 0.6) is 0 Å². The van der Waals surface area contributed by atoms with Crippen molar-refractivity contribution in [1.29, 1.82) is 0 Å². The van der Waals surface area contributed by atoms with Gasteiger partial charge in [-0.2, -0.15) is 10.2 Å². The first kappa shape index (κ1) is 15.5. The smallest absolute Gasteiger partial charge is 0.357 e. The third-order valence-corrected chi connectivity index (χ3v) is 4.31. The number of aryl methyl sites for hydroxylation is 1. The third-order valence-electron chi connectivity index (χ3n) is 3.82. The van der Waals surface area contributed by atoms with Crippen molar-refractivity contribution in [2.45, 2.75) is 0 Å². The molecule has 0 aliphatic rings. The van der Waals surface area contributed by atoms with E-state index >= 15 is 0 Å². The van der Waals surface area contributed by atoms with E-state index in [1.807, 2.05) is 37.5 Å². The Morgan fingerprint density at radius 1 is 1.20 bits per heavy atom. The first-order valence-electron chi connectivity index (χ1n) is 7.40. The van der Waals surface area contributed by atoms with E-state index in [4.69, 9.17) is 0 Å². The number of pyridine rings is 1. The van der Waals surface area contributed by atoms with E-state index < -0.39 is 5.97 Å². The van der Waals surface area contributed by atoms with Gasteiger partial charge in [0.15, 0.2) is 11.3 Å². The van der Waals surface area contributed by atoms with E-state index in [0.717, 1.165) is 21.3 Å². The van der Waals surface area contributed by atoms with E-state index in [1.54, 1.807) is 23.1 Å². The number of aromatic carboxylic acids is 1. The molecular formula is C17H12BrN5O2. The van der Waals surface area contributed by atoms with Gasteiger partial charge in [0.05, 0.1) is 17.3 Å². The molecule has 0 amide bonds. The second-order valence-electron chi connectivity index (χ2n) is 5.54. The first-order valence-corrected chi connectivity index (χ1v) is 8.19. The quantitative estimate of drug-likeness (QED) is 0.573. The summed E-state index contributed by atoms with van der Waals surface area (Å²) < 4.78 is 4.09. The van der Waals surface area contributed by atoms with Crippen molar-refractivity contribution >= 4 is 32.9 Å². The van der Waals surface area contributed by atoms with Gasteiger partial charge in [-0.3, -0.25) is 4.68 Å². The first-order chi connectivity index (χ1) is 12.0. The van der Waals surface area contributed by atoms with Crippen LogP contribution in [0.2, 0.25) is 0 Å². The van der Waals surface area contributed by atoms with Crippen LogP contribution in [-0.2, 0) is 7.05 Å². The maximum absolute atomic E-state index is 11.6. The number of hydrogen-bond acceptors (Lipinski definition) is 4. The number of hydrogen-bond donors (Lipinski definition) is 1. The molecule has 25 heavy (non-hydrogen) atoms. The minimum absolute atomic E-state index is 0.0341. The average molecular weight is 398 g/mol. The highest BCUT2D eigenvalue weighted by Gasteiger charge is 2.19. The van der Waals surface area contributed by atoms with Gasteiger partial charge in [-0.05, 0) is 24.3 Å². The summed E-state index contributed by atoms with van der Waals surface area (Å²) in [7, 11) is 1.82. The molecule has 0 saturated heterocycles. The van der Waals surface area contributed by atoms with Gasteiger partial charge in [0, 0.05) is 35.0 Å². The molecule has 0 aliphatic heterocycles. The van der Waals surface area contributed by atoms with Crippen LogP contribution >= 0.6 is 15.9 Å². The van der Waals surface area contributed by atoms with Crippen LogP contribution in [0.4, 0.5) is 0 Å². The number of carbonyl (C=O) groups is 1. The summed E-state index contributed by atoms with van der Waals surface area (Å²) in [6, 6.07) is 9.23. The van der Waals surface area contributed by atoms with E-state index in [-0.39, 0.29) is 5.69 Å². The Morgan fingerprint density at radius 3 is 2.72 bits per heavy atom. The fourth-order valence-electron chi connectivity index (χ4n) is 2.68. The number of benzene rings is 1. The van der Waals surface area contributed by atoms with Crippen molar-refractivity contribution in [3.63, 3.8) is 0 Å². The molecule has 0 aliphatic carbocycles. The summed E-state index contributed by atoms with van der Waals surface area (Å²) in [6.07, 6.45) is 5.26. The minimum Gasteiger partial charge on any atom is -0.476 e. The van der Waals surface area contributed by atoms with E-state index in [0.29, 0.717) is 11.0 Å². The highest BCUT2D eigenvalue weighted by molar-refractivity contribution is 9.10. The molecule has 3 heterocycles. The third kappa shape index (κ3) is 2.70. The van der Waals surface area contributed by atoms with Crippen molar-refractivity contribution in [3.05, 3.63) is 59.1 Å². The number of carboxylic acid groups (broad SMARTS) is 1. The highest BCUT2D eigenvalue weighted by Crippen LogP contribution is 2.27. The lowest BCUT2D eigenvalue weighted by Crippen LogP contribution is -2.01. The minimum atomic E-state index is -1.09. The van der Waals surface area contributed by atoms with Gasteiger partial charge < -0.3 is 5.11 Å². The second-order valence-corrected chi connectivity index (χ2v) is 6.46. The Hall–Kier alpha value is -3.00. The summed E-state index contributed by atoms with van der Waals surface area (Å²) in [5.74, 6) is -1.09. The fraction of sp³-hybridized carbons (Fsp3) is 0.0588.